The van der Waals surface area contributed by atoms with Crippen LogP contribution in [0.2, 0.25) is 0 Å². The molecule has 0 saturated heterocycles. The third-order valence-electron chi connectivity index (χ3n) is 5.01. The molecule has 2 aromatic carbocycles. The molecule has 0 radical (unpaired) electrons. The number of anilines is 2. The molecule has 0 atom stereocenters. The van der Waals surface area contributed by atoms with Gasteiger partial charge in [-0.1, -0.05) is 12.1 Å². The van der Waals surface area contributed by atoms with Gasteiger partial charge in [-0.25, -0.2) is 4.39 Å². The van der Waals surface area contributed by atoms with E-state index in [1.54, 1.807) is 47.4 Å². The maximum Gasteiger partial charge on any atom is 0.294 e. The number of hydrogen-bond donors (Lipinski definition) is 0. The highest BCUT2D eigenvalue weighted by molar-refractivity contribution is 6.06. The van der Waals surface area contributed by atoms with Gasteiger partial charge in [-0.05, 0) is 48.9 Å². The lowest BCUT2D eigenvalue weighted by molar-refractivity contribution is 0.0956. The molecule has 1 aromatic heterocycles. The molecule has 0 fully saturated rings. The number of ether oxygens (including phenoxy) is 1. The number of hydrogen-bond acceptors (Lipinski definition) is 5. The first-order valence-corrected chi connectivity index (χ1v) is 9.60. The molecule has 0 aliphatic carbocycles. The van der Waals surface area contributed by atoms with Gasteiger partial charge in [0.05, 0.1) is 16.9 Å². The quantitative estimate of drug-likeness (QED) is 0.645. The van der Waals surface area contributed by atoms with Crippen LogP contribution in [0.5, 0.6) is 5.75 Å². The molecule has 3 aromatic rings. The highest BCUT2D eigenvalue weighted by Gasteiger charge is 2.27. The second-order valence-electron chi connectivity index (χ2n) is 7.03. The normalized spacial score (nSPS) is 13.4. The molecule has 1 aliphatic rings. The number of nitrogens with zero attached hydrogens (tertiary/aromatic N) is 3. The van der Waals surface area contributed by atoms with Crippen molar-refractivity contribution in [1.82, 2.24) is 0 Å². The van der Waals surface area contributed by atoms with Gasteiger partial charge in [-0.2, -0.15) is 5.26 Å². The lowest BCUT2D eigenvalue weighted by Gasteiger charge is -2.23. The second kappa shape index (κ2) is 8.29. The average molecular weight is 405 g/mol. The Hall–Kier alpha value is -3.79. The Kier molecular flexibility index (Phi) is 5.40. The molecule has 0 unspecified atom stereocenters. The Morgan fingerprint density at radius 3 is 2.83 bits per heavy atom. The summed E-state index contributed by atoms with van der Waals surface area (Å²) in [6, 6.07) is 16.7. The number of carbonyl (C=O) groups is 1. The topological polar surface area (TPSA) is 69.7 Å². The van der Waals surface area contributed by atoms with Crippen LogP contribution in [0, 0.1) is 17.1 Å². The zero-order valence-corrected chi connectivity index (χ0v) is 16.5. The van der Waals surface area contributed by atoms with Crippen molar-refractivity contribution in [3.8, 4) is 11.8 Å². The van der Waals surface area contributed by atoms with Crippen LogP contribution in [-0.4, -0.2) is 26.0 Å². The van der Waals surface area contributed by atoms with Crippen molar-refractivity contribution in [2.24, 2.45) is 0 Å². The highest BCUT2D eigenvalue weighted by atomic mass is 19.1. The Bertz CT molecular complexity index is 1120. The summed E-state index contributed by atoms with van der Waals surface area (Å²) in [5, 5.41) is 9.14. The average Bonchev–Trinajstić information content (AvgIpc) is 3.17. The zero-order chi connectivity index (χ0) is 21.1. The van der Waals surface area contributed by atoms with Crippen molar-refractivity contribution in [1.29, 1.82) is 5.26 Å². The maximum absolute atomic E-state index is 13.9. The van der Waals surface area contributed by atoms with Crippen molar-refractivity contribution >= 4 is 17.3 Å². The first-order chi connectivity index (χ1) is 14.6. The van der Waals surface area contributed by atoms with Gasteiger partial charge in [0.25, 0.3) is 5.91 Å². The number of amides is 1. The largest absolute Gasteiger partial charge is 0.484 e. The fourth-order valence-corrected chi connectivity index (χ4v) is 3.49. The fraction of sp³-hybridized carbons (Fsp3) is 0.217. The number of furan rings is 1. The lowest BCUT2D eigenvalue weighted by atomic mass is 10.2. The molecular weight excluding hydrogens is 385 g/mol. The van der Waals surface area contributed by atoms with Gasteiger partial charge in [-0.15, -0.1) is 0 Å². The van der Waals surface area contributed by atoms with Crippen LogP contribution in [0.4, 0.5) is 15.8 Å². The van der Waals surface area contributed by atoms with Crippen molar-refractivity contribution in [3.05, 3.63) is 77.5 Å². The van der Waals surface area contributed by atoms with E-state index >= 15 is 0 Å². The Morgan fingerprint density at radius 2 is 2.00 bits per heavy atom. The van der Waals surface area contributed by atoms with Crippen molar-refractivity contribution in [2.45, 2.75) is 13.0 Å². The van der Waals surface area contributed by atoms with E-state index < -0.39 is 5.82 Å². The first kappa shape index (κ1) is 19.5. The number of nitriles is 1. The number of halogens is 1. The van der Waals surface area contributed by atoms with Gasteiger partial charge < -0.3 is 19.0 Å². The minimum Gasteiger partial charge on any atom is -0.484 e. The lowest BCUT2D eigenvalue weighted by Crippen LogP contribution is -2.31. The van der Waals surface area contributed by atoms with E-state index in [-0.39, 0.29) is 18.3 Å². The smallest absolute Gasteiger partial charge is 0.294 e. The van der Waals surface area contributed by atoms with Crippen LogP contribution >= 0.6 is 0 Å². The third-order valence-corrected chi connectivity index (χ3v) is 5.01. The predicted octanol–water partition coefficient (Wildman–Crippen LogP) is 4.36. The molecule has 0 spiro atoms. The summed E-state index contributed by atoms with van der Waals surface area (Å²) >= 11 is 0. The molecule has 6 nitrogen and oxygen atoms in total. The summed E-state index contributed by atoms with van der Waals surface area (Å²) in [5.74, 6) is 0.330. The minimum absolute atomic E-state index is 0.0833. The van der Waals surface area contributed by atoms with Gasteiger partial charge in [0.1, 0.15) is 30.0 Å². The molecule has 152 valence electrons. The molecule has 0 N–H and O–H groups in total. The summed E-state index contributed by atoms with van der Waals surface area (Å²) in [4.78, 5) is 16.7. The Morgan fingerprint density at radius 1 is 1.17 bits per heavy atom. The van der Waals surface area contributed by atoms with Gasteiger partial charge in [0.2, 0.25) is 0 Å². The van der Waals surface area contributed by atoms with Crippen molar-refractivity contribution in [3.63, 3.8) is 0 Å². The van der Waals surface area contributed by atoms with E-state index in [1.165, 1.54) is 12.1 Å². The van der Waals surface area contributed by atoms with Crippen LogP contribution in [0.15, 0.2) is 59.0 Å². The van der Waals surface area contributed by atoms with Crippen LogP contribution < -0.4 is 14.5 Å². The van der Waals surface area contributed by atoms with Crippen LogP contribution in [0.25, 0.3) is 0 Å². The van der Waals surface area contributed by atoms with E-state index in [0.29, 0.717) is 29.3 Å². The summed E-state index contributed by atoms with van der Waals surface area (Å²) in [6.07, 6.45) is 0.750. The van der Waals surface area contributed by atoms with E-state index in [1.807, 2.05) is 11.9 Å². The van der Waals surface area contributed by atoms with Gasteiger partial charge >= 0.3 is 0 Å². The van der Waals surface area contributed by atoms with Crippen LogP contribution in [0.3, 0.4) is 0 Å². The van der Waals surface area contributed by atoms with Crippen LogP contribution in [-0.2, 0) is 6.61 Å². The Balaban J connectivity index is 1.54. The van der Waals surface area contributed by atoms with Gasteiger partial charge in [0.15, 0.2) is 5.76 Å². The number of carbonyl (C=O) groups excluding carboxylic acids is 1. The monoisotopic (exact) mass is 405 g/mol. The predicted molar refractivity (Wildman–Crippen MR) is 110 cm³/mol. The number of para-hydroxylation sites is 1. The molecule has 4 rings (SSSR count). The standard InChI is InChI=1S/C23H20FN3O3/c1-26-11-4-12-27(20-13-17(24)7-9-19(20)26)23(28)22-10-8-18(30-22)15-29-21-6-3-2-5-16(21)14-25/h2-3,5-10,13H,4,11-12,15H2,1H3. The number of rotatable bonds is 4. The number of benzene rings is 2. The fourth-order valence-electron chi connectivity index (χ4n) is 3.49. The summed E-state index contributed by atoms with van der Waals surface area (Å²) in [6.45, 7) is 1.31. The van der Waals surface area contributed by atoms with Gasteiger partial charge in [0, 0.05) is 20.1 Å². The van der Waals surface area contributed by atoms with E-state index in [2.05, 4.69) is 6.07 Å². The maximum atomic E-state index is 13.9. The van der Waals surface area contributed by atoms with E-state index in [9.17, 15) is 9.18 Å². The summed E-state index contributed by atoms with van der Waals surface area (Å²) in [7, 11) is 1.92. The second-order valence-corrected chi connectivity index (χ2v) is 7.03. The third kappa shape index (κ3) is 3.85. The first-order valence-electron chi connectivity index (χ1n) is 9.60. The molecule has 2 heterocycles. The van der Waals surface area contributed by atoms with E-state index in [0.717, 1.165) is 18.7 Å². The summed E-state index contributed by atoms with van der Waals surface area (Å²) in [5.41, 5.74) is 1.75. The molecule has 1 amide bonds. The molecule has 0 saturated carbocycles. The highest BCUT2D eigenvalue weighted by Crippen LogP contribution is 2.33. The Labute approximate surface area is 173 Å². The molecule has 7 heteroatoms. The van der Waals surface area contributed by atoms with Crippen molar-refractivity contribution < 1.29 is 18.3 Å². The van der Waals surface area contributed by atoms with Gasteiger partial charge in [-0.3, -0.25) is 4.79 Å². The van der Waals surface area contributed by atoms with E-state index in [4.69, 9.17) is 14.4 Å². The minimum atomic E-state index is -0.397. The van der Waals surface area contributed by atoms with Crippen molar-refractivity contribution in [2.75, 3.05) is 29.9 Å². The summed E-state index contributed by atoms with van der Waals surface area (Å²) < 4.78 is 25.3. The molecule has 0 bridgehead atoms. The molecule has 30 heavy (non-hydrogen) atoms. The molecule has 1 aliphatic heterocycles. The zero-order valence-electron chi connectivity index (χ0n) is 16.5. The van der Waals surface area contributed by atoms with Crippen LogP contribution in [0.1, 0.15) is 28.3 Å². The number of fused-ring (bicyclic) bond motifs is 1. The SMILES string of the molecule is CN1CCCN(C(=O)c2ccc(COc3ccccc3C#N)o2)c2cc(F)ccc21. The molecular formula is C23H20FN3O3.